The van der Waals surface area contributed by atoms with Crippen LogP contribution in [0.25, 0.3) is 0 Å². The van der Waals surface area contributed by atoms with Gasteiger partial charge in [-0.15, -0.1) is 0 Å². The number of aryl methyl sites for hydroxylation is 3. The maximum atomic E-state index is 12.0. The fourth-order valence-electron chi connectivity index (χ4n) is 2.01. The van der Waals surface area contributed by atoms with Gasteiger partial charge in [-0.1, -0.05) is 24.6 Å². The summed E-state index contributed by atoms with van der Waals surface area (Å²) < 4.78 is 12.0. The van der Waals surface area contributed by atoms with E-state index in [0.29, 0.717) is 5.75 Å². The van der Waals surface area contributed by atoms with Crippen molar-refractivity contribution >= 4 is 16.8 Å². The van der Waals surface area contributed by atoms with Gasteiger partial charge in [-0.25, -0.2) is 0 Å². The van der Waals surface area contributed by atoms with Gasteiger partial charge in [-0.2, -0.15) is 0 Å². The second kappa shape index (κ2) is 6.14. The van der Waals surface area contributed by atoms with Crippen LogP contribution in [0.15, 0.2) is 12.1 Å². The van der Waals surface area contributed by atoms with Crippen LogP contribution >= 0.6 is 0 Å². The van der Waals surface area contributed by atoms with Gasteiger partial charge >= 0.3 is 5.97 Å². The molecule has 0 fully saturated rings. The van der Waals surface area contributed by atoms with Gasteiger partial charge in [0.15, 0.2) is 0 Å². The maximum absolute atomic E-state index is 12.0. The fourth-order valence-corrected chi connectivity index (χ4v) is 3.60. The summed E-state index contributed by atoms with van der Waals surface area (Å²) in [5.41, 5.74) is 4.53. The monoisotopic (exact) mass is 268 g/mol. The van der Waals surface area contributed by atoms with Crippen LogP contribution in [0.3, 0.4) is 0 Å². The normalized spacial score (nSPS) is 14.2. The van der Waals surface area contributed by atoms with Crippen LogP contribution in [-0.2, 0) is 21.3 Å². The number of carboxylic acid groups (broad SMARTS) is 1. The number of benzene rings is 1. The molecular formula is C14H20O3S. The standard InChI is InChI=1S/C14H20O3S/c1-9-5-10(2)13(11(3)6-9)8-18(17)7-12(4)14(15)16/h5-6,12H,7-8H2,1-4H3,(H,15,16). The smallest absolute Gasteiger partial charge is 0.307 e. The van der Waals surface area contributed by atoms with Gasteiger partial charge in [0.1, 0.15) is 0 Å². The molecule has 2 unspecified atom stereocenters. The second-order valence-electron chi connectivity index (χ2n) is 4.87. The molecule has 4 heteroatoms. The predicted octanol–water partition coefficient (Wildman–Crippen LogP) is 2.58. The highest BCUT2D eigenvalue weighted by Crippen LogP contribution is 2.18. The lowest BCUT2D eigenvalue weighted by atomic mass is 10.0. The van der Waals surface area contributed by atoms with Crippen LogP contribution in [0.4, 0.5) is 0 Å². The van der Waals surface area contributed by atoms with E-state index in [-0.39, 0.29) is 5.75 Å². The van der Waals surface area contributed by atoms with Crippen molar-refractivity contribution in [2.45, 2.75) is 33.4 Å². The first-order chi connectivity index (χ1) is 8.31. The average molecular weight is 268 g/mol. The van der Waals surface area contributed by atoms with E-state index in [1.54, 1.807) is 6.92 Å². The van der Waals surface area contributed by atoms with Gasteiger partial charge in [0.05, 0.1) is 5.92 Å². The molecule has 0 aliphatic carbocycles. The van der Waals surface area contributed by atoms with Crippen LogP contribution in [0.2, 0.25) is 0 Å². The third kappa shape index (κ3) is 3.95. The Hall–Kier alpha value is -1.16. The summed E-state index contributed by atoms with van der Waals surface area (Å²) in [6, 6.07) is 4.14. The average Bonchev–Trinajstić information content (AvgIpc) is 2.23. The third-order valence-electron chi connectivity index (χ3n) is 3.00. The van der Waals surface area contributed by atoms with Crippen molar-refractivity contribution in [1.82, 2.24) is 0 Å². The minimum absolute atomic E-state index is 0.210. The lowest BCUT2D eigenvalue weighted by Crippen LogP contribution is -2.18. The minimum Gasteiger partial charge on any atom is -0.481 e. The predicted molar refractivity (Wildman–Crippen MR) is 74.2 cm³/mol. The van der Waals surface area contributed by atoms with E-state index < -0.39 is 22.7 Å². The lowest BCUT2D eigenvalue weighted by molar-refractivity contribution is -0.140. The summed E-state index contributed by atoms with van der Waals surface area (Å²) in [4.78, 5) is 10.7. The minimum atomic E-state index is -1.13. The van der Waals surface area contributed by atoms with Crippen LogP contribution < -0.4 is 0 Å². The Bertz CT molecular complexity index is 457. The number of aliphatic carboxylic acids is 1. The molecule has 1 N–H and O–H groups in total. The Kier molecular flexibility index (Phi) is 5.08. The van der Waals surface area contributed by atoms with E-state index in [1.165, 1.54) is 5.56 Å². The summed E-state index contributed by atoms with van der Waals surface area (Å²) >= 11 is 0. The Labute approximate surface area is 111 Å². The SMILES string of the molecule is Cc1cc(C)c(CS(=O)CC(C)C(=O)O)c(C)c1. The molecule has 0 radical (unpaired) electrons. The molecule has 0 bridgehead atoms. The zero-order chi connectivity index (χ0) is 13.9. The van der Waals surface area contributed by atoms with Crippen LogP contribution in [-0.4, -0.2) is 21.0 Å². The van der Waals surface area contributed by atoms with Crippen molar-refractivity contribution in [2.24, 2.45) is 5.92 Å². The highest BCUT2D eigenvalue weighted by Gasteiger charge is 2.16. The molecule has 1 aromatic carbocycles. The molecule has 0 aliphatic rings. The van der Waals surface area contributed by atoms with Gasteiger partial charge in [0.2, 0.25) is 0 Å². The Morgan fingerprint density at radius 1 is 1.28 bits per heavy atom. The second-order valence-corrected chi connectivity index (χ2v) is 6.37. The van der Waals surface area contributed by atoms with Gasteiger partial charge in [0.25, 0.3) is 0 Å². The Morgan fingerprint density at radius 3 is 2.22 bits per heavy atom. The quantitative estimate of drug-likeness (QED) is 0.893. The van der Waals surface area contributed by atoms with Crippen LogP contribution in [0, 0.1) is 26.7 Å². The van der Waals surface area contributed by atoms with E-state index in [9.17, 15) is 9.00 Å². The van der Waals surface area contributed by atoms with Gasteiger partial charge in [-0.3, -0.25) is 9.00 Å². The van der Waals surface area contributed by atoms with E-state index in [4.69, 9.17) is 5.11 Å². The fraction of sp³-hybridized carbons (Fsp3) is 0.500. The molecule has 0 saturated heterocycles. The number of rotatable bonds is 5. The number of carboxylic acids is 1. The molecule has 2 atom stereocenters. The van der Waals surface area contributed by atoms with Crippen LogP contribution in [0.5, 0.6) is 0 Å². The van der Waals surface area contributed by atoms with E-state index in [1.807, 2.05) is 20.8 Å². The van der Waals surface area contributed by atoms with E-state index >= 15 is 0 Å². The molecule has 18 heavy (non-hydrogen) atoms. The van der Waals surface area contributed by atoms with Gasteiger partial charge < -0.3 is 5.11 Å². The molecule has 1 aromatic rings. The number of hydrogen-bond donors (Lipinski definition) is 1. The molecular weight excluding hydrogens is 248 g/mol. The highest BCUT2D eigenvalue weighted by molar-refractivity contribution is 7.84. The van der Waals surface area contributed by atoms with Crippen molar-refractivity contribution in [3.05, 3.63) is 34.4 Å². The summed E-state index contributed by atoms with van der Waals surface area (Å²) in [5, 5.41) is 8.81. The summed E-state index contributed by atoms with van der Waals surface area (Å²) in [7, 11) is -1.13. The molecule has 3 nitrogen and oxygen atoms in total. The molecule has 0 aliphatic heterocycles. The topological polar surface area (TPSA) is 54.4 Å². The molecule has 0 saturated carbocycles. The van der Waals surface area contributed by atoms with E-state index in [2.05, 4.69) is 12.1 Å². The van der Waals surface area contributed by atoms with Crippen molar-refractivity contribution in [1.29, 1.82) is 0 Å². The maximum Gasteiger partial charge on any atom is 0.307 e. The third-order valence-corrected chi connectivity index (χ3v) is 4.49. The summed E-state index contributed by atoms with van der Waals surface area (Å²) in [5.74, 6) is -0.796. The number of carbonyl (C=O) groups is 1. The van der Waals surface area contributed by atoms with Gasteiger partial charge in [-0.05, 0) is 37.5 Å². The van der Waals surface area contributed by atoms with Crippen molar-refractivity contribution in [3.8, 4) is 0 Å². The van der Waals surface area contributed by atoms with E-state index in [0.717, 1.165) is 16.7 Å². The zero-order valence-electron chi connectivity index (χ0n) is 11.3. The highest BCUT2D eigenvalue weighted by atomic mass is 32.2. The molecule has 0 amide bonds. The zero-order valence-corrected chi connectivity index (χ0v) is 12.1. The molecule has 1 rings (SSSR count). The van der Waals surface area contributed by atoms with Crippen molar-refractivity contribution < 1.29 is 14.1 Å². The molecule has 100 valence electrons. The first-order valence-corrected chi connectivity index (χ1v) is 7.44. The first-order valence-electron chi connectivity index (χ1n) is 5.95. The van der Waals surface area contributed by atoms with Crippen LogP contribution in [0.1, 0.15) is 29.2 Å². The molecule has 0 aromatic heterocycles. The van der Waals surface area contributed by atoms with Crippen molar-refractivity contribution in [3.63, 3.8) is 0 Å². The Morgan fingerprint density at radius 2 is 1.78 bits per heavy atom. The molecule has 0 spiro atoms. The number of hydrogen-bond acceptors (Lipinski definition) is 2. The summed E-state index contributed by atoms with van der Waals surface area (Å²) in [6.07, 6.45) is 0. The molecule has 0 heterocycles. The summed E-state index contributed by atoms with van der Waals surface area (Å²) in [6.45, 7) is 7.64. The first kappa shape index (κ1) is 14.9. The van der Waals surface area contributed by atoms with Crippen molar-refractivity contribution in [2.75, 3.05) is 5.75 Å². The lowest BCUT2D eigenvalue weighted by Gasteiger charge is -2.12. The van der Waals surface area contributed by atoms with Gasteiger partial charge in [0, 0.05) is 22.3 Å². The largest absolute Gasteiger partial charge is 0.481 e. The Balaban J connectivity index is 2.80.